The zero-order chi connectivity index (χ0) is 12.4. The maximum atomic E-state index is 13.2. The molecular formula is C13H12ClFN2. The first-order valence-electron chi connectivity index (χ1n) is 5.40. The Bertz CT molecular complexity index is 555. The van der Waals surface area contributed by atoms with Crippen LogP contribution in [0.2, 0.25) is 5.15 Å². The van der Waals surface area contributed by atoms with E-state index in [0.29, 0.717) is 23.0 Å². The molecule has 0 radical (unpaired) electrons. The van der Waals surface area contributed by atoms with Crippen molar-refractivity contribution in [3.8, 4) is 11.3 Å². The molecule has 2 aromatic rings. The van der Waals surface area contributed by atoms with E-state index in [4.69, 9.17) is 11.6 Å². The number of benzene rings is 1. The van der Waals surface area contributed by atoms with Gasteiger partial charge in [-0.2, -0.15) is 0 Å². The number of hydrogen-bond donors (Lipinski definition) is 0. The Balaban J connectivity index is 2.52. The van der Waals surface area contributed by atoms with Gasteiger partial charge in [0.2, 0.25) is 0 Å². The van der Waals surface area contributed by atoms with Gasteiger partial charge in [0.25, 0.3) is 0 Å². The van der Waals surface area contributed by atoms with Crippen LogP contribution in [0.15, 0.2) is 24.3 Å². The van der Waals surface area contributed by atoms with Crippen LogP contribution in [-0.4, -0.2) is 9.97 Å². The van der Waals surface area contributed by atoms with Gasteiger partial charge in [0.1, 0.15) is 16.8 Å². The third-order valence-electron chi connectivity index (χ3n) is 2.51. The lowest BCUT2D eigenvalue weighted by Gasteiger charge is -2.05. The molecule has 0 unspecified atom stereocenters. The van der Waals surface area contributed by atoms with E-state index in [1.807, 2.05) is 6.92 Å². The van der Waals surface area contributed by atoms with E-state index in [-0.39, 0.29) is 5.82 Å². The average molecular weight is 251 g/mol. The Hall–Kier alpha value is -1.48. The van der Waals surface area contributed by atoms with Gasteiger partial charge in [-0.15, -0.1) is 0 Å². The average Bonchev–Trinajstić information content (AvgIpc) is 2.32. The van der Waals surface area contributed by atoms with Gasteiger partial charge in [-0.25, -0.2) is 14.4 Å². The SMILES string of the molecule is CCc1nc(Cl)cc(-c2ccc(F)c(C)c2)n1. The largest absolute Gasteiger partial charge is 0.233 e. The summed E-state index contributed by atoms with van der Waals surface area (Å²) >= 11 is 5.92. The van der Waals surface area contributed by atoms with Crippen molar-refractivity contribution >= 4 is 11.6 Å². The summed E-state index contributed by atoms with van der Waals surface area (Å²) in [6, 6.07) is 6.58. The number of aromatic nitrogens is 2. The van der Waals surface area contributed by atoms with Crippen molar-refractivity contribution in [1.29, 1.82) is 0 Å². The van der Waals surface area contributed by atoms with Crippen LogP contribution in [0.4, 0.5) is 4.39 Å². The molecule has 0 N–H and O–H groups in total. The van der Waals surface area contributed by atoms with E-state index in [0.717, 1.165) is 11.3 Å². The molecule has 0 aliphatic rings. The third kappa shape index (κ3) is 2.61. The molecule has 1 aromatic carbocycles. The minimum absolute atomic E-state index is 0.218. The number of hydrogen-bond acceptors (Lipinski definition) is 2. The van der Waals surface area contributed by atoms with E-state index in [2.05, 4.69) is 9.97 Å². The predicted octanol–water partition coefficient (Wildman–Crippen LogP) is 3.81. The van der Waals surface area contributed by atoms with Gasteiger partial charge >= 0.3 is 0 Å². The van der Waals surface area contributed by atoms with Crippen molar-refractivity contribution < 1.29 is 4.39 Å². The van der Waals surface area contributed by atoms with Crippen LogP contribution in [-0.2, 0) is 6.42 Å². The topological polar surface area (TPSA) is 25.8 Å². The van der Waals surface area contributed by atoms with E-state index in [9.17, 15) is 4.39 Å². The summed E-state index contributed by atoms with van der Waals surface area (Å²) in [5, 5.41) is 0.411. The molecule has 0 amide bonds. The first-order valence-corrected chi connectivity index (χ1v) is 5.78. The summed E-state index contributed by atoms with van der Waals surface area (Å²) in [4.78, 5) is 8.47. The van der Waals surface area contributed by atoms with Crippen molar-refractivity contribution in [2.45, 2.75) is 20.3 Å². The third-order valence-corrected chi connectivity index (χ3v) is 2.70. The molecule has 4 heteroatoms. The highest BCUT2D eigenvalue weighted by Crippen LogP contribution is 2.22. The van der Waals surface area contributed by atoms with Crippen molar-refractivity contribution in [3.63, 3.8) is 0 Å². The van der Waals surface area contributed by atoms with Gasteiger partial charge in [-0.1, -0.05) is 18.5 Å². The lowest BCUT2D eigenvalue weighted by molar-refractivity contribution is 0.619. The summed E-state index contributed by atoms with van der Waals surface area (Å²) in [5.41, 5.74) is 2.17. The van der Waals surface area contributed by atoms with Crippen molar-refractivity contribution in [2.24, 2.45) is 0 Å². The number of aryl methyl sites for hydroxylation is 2. The van der Waals surface area contributed by atoms with Crippen LogP contribution in [0.25, 0.3) is 11.3 Å². The molecule has 1 aromatic heterocycles. The summed E-state index contributed by atoms with van der Waals surface area (Å²) < 4.78 is 13.2. The molecule has 2 nitrogen and oxygen atoms in total. The van der Waals surface area contributed by atoms with E-state index in [1.54, 1.807) is 25.1 Å². The molecule has 0 bridgehead atoms. The van der Waals surface area contributed by atoms with E-state index in [1.165, 1.54) is 6.07 Å². The van der Waals surface area contributed by atoms with E-state index >= 15 is 0 Å². The van der Waals surface area contributed by atoms with Crippen LogP contribution in [0.3, 0.4) is 0 Å². The number of halogens is 2. The summed E-state index contributed by atoms with van der Waals surface area (Å²) in [7, 11) is 0. The van der Waals surface area contributed by atoms with Crippen molar-refractivity contribution in [2.75, 3.05) is 0 Å². The fourth-order valence-corrected chi connectivity index (χ4v) is 1.78. The molecule has 2 rings (SSSR count). The Morgan fingerprint density at radius 2 is 2.00 bits per heavy atom. The minimum Gasteiger partial charge on any atom is -0.233 e. The number of nitrogens with zero attached hydrogens (tertiary/aromatic N) is 2. The molecule has 17 heavy (non-hydrogen) atoms. The molecule has 0 aliphatic carbocycles. The second-order valence-electron chi connectivity index (χ2n) is 3.81. The fraction of sp³-hybridized carbons (Fsp3) is 0.231. The predicted molar refractivity (Wildman–Crippen MR) is 66.6 cm³/mol. The fourth-order valence-electron chi connectivity index (χ4n) is 1.57. The monoisotopic (exact) mass is 250 g/mol. The van der Waals surface area contributed by atoms with Gasteiger partial charge in [-0.05, 0) is 30.7 Å². The standard InChI is InChI=1S/C13H12ClFN2/c1-3-13-16-11(7-12(14)17-13)9-4-5-10(15)8(2)6-9/h4-7H,3H2,1-2H3. The molecular weight excluding hydrogens is 239 g/mol. The molecule has 0 saturated carbocycles. The summed E-state index contributed by atoms with van der Waals surface area (Å²) in [6.45, 7) is 3.69. The molecule has 0 saturated heterocycles. The van der Waals surface area contributed by atoms with Crippen molar-refractivity contribution in [1.82, 2.24) is 9.97 Å². The Labute approximate surface area is 104 Å². The molecule has 1 heterocycles. The molecule has 0 fully saturated rings. The highest BCUT2D eigenvalue weighted by Gasteiger charge is 2.06. The van der Waals surface area contributed by atoms with Crippen molar-refractivity contribution in [3.05, 3.63) is 46.6 Å². The van der Waals surface area contributed by atoms with Gasteiger partial charge in [0.05, 0.1) is 5.69 Å². The van der Waals surface area contributed by atoms with Gasteiger partial charge < -0.3 is 0 Å². The first kappa shape index (κ1) is 12.0. The maximum Gasteiger partial charge on any atom is 0.133 e. The minimum atomic E-state index is -0.218. The van der Waals surface area contributed by atoms with Gasteiger partial charge in [-0.3, -0.25) is 0 Å². The molecule has 0 atom stereocenters. The summed E-state index contributed by atoms with van der Waals surface area (Å²) in [5.74, 6) is 0.471. The van der Waals surface area contributed by atoms with Crippen LogP contribution < -0.4 is 0 Å². The second kappa shape index (κ2) is 4.80. The van der Waals surface area contributed by atoms with Crippen LogP contribution >= 0.6 is 11.6 Å². The maximum absolute atomic E-state index is 13.2. The smallest absolute Gasteiger partial charge is 0.133 e. The van der Waals surface area contributed by atoms with Crippen LogP contribution in [0.1, 0.15) is 18.3 Å². The molecule has 0 aliphatic heterocycles. The number of rotatable bonds is 2. The highest BCUT2D eigenvalue weighted by atomic mass is 35.5. The zero-order valence-electron chi connectivity index (χ0n) is 9.67. The molecule has 0 spiro atoms. The van der Waals surface area contributed by atoms with Crippen LogP contribution in [0.5, 0.6) is 0 Å². The molecule has 88 valence electrons. The highest BCUT2D eigenvalue weighted by molar-refractivity contribution is 6.29. The Kier molecular flexibility index (Phi) is 3.38. The van der Waals surface area contributed by atoms with Gasteiger partial charge in [0.15, 0.2) is 0 Å². The van der Waals surface area contributed by atoms with E-state index < -0.39 is 0 Å². The second-order valence-corrected chi connectivity index (χ2v) is 4.20. The summed E-state index contributed by atoms with van der Waals surface area (Å²) in [6.07, 6.45) is 0.716. The Morgan fingerprint density at radius 1 is 1.24 bits per heavy atom. The lowest BCUT2D eigenvalue weighted by Crippen LogP contribution is -1.96. The normalized spacial score (nSPS) is 10.6. The zero-order valence-corrected chi connectivity index (χ0v) is 10.4. The lowest BCUT2D eigenvalue weighted by atomic mass is 10.1. The van der Waals surface area contributed by atoms with Gasteiger partial charge in [0, 0.05) is 18.1 Å². The Morgan fingerprint density at radius 3 is 2.65 bits per heavy atom. The quantitative estimate of drug-likeness (QED) is 0.758. The first-order chi connectivity index (χ1) is 8.10. The van der Waals surface area contributed by atoms with Crippen LogP contribution in [0, 0.1) is 12.7 Å².